The number of aryl methyl sites for hydroxylation is 1. The summed E-state index contributed by atoms with van der Waals surface area (Å²) in [6.07, 6.45) is 1.76. The summed E-state index contributed by atoms with van der Waals surface area (Å²) in [6.45, 7) is 4.01. The van der Waals surface area contributed by atoms with Crippen molar-refractivity contribution < 1.29 is 0 Å². The highest BCUT2D eigenvalue weighted by atomic mass is 35.5. The summed E-state index contributed by atoms with van der Waals surface area (Å²) in [5.74, 6) is 1.03. The maximum atomic E-state index is 12.0. The molecule has 1 rings (SSSR count). The highest BCUT2D eigenvalue weighted by molar-refractivity contribution is 7.71. The highest BCUT2D eigenvalue weighted by Crippen LogP contribution is 2.07. The molecule has 0 aliphatic carbocycles. The van der Waals surface area contributed by atoms with Gasteiger partial charge in [-0.25, -0.2) is 0 Å². The van der Waals surface area contributed by atoms with Crippen LogP contribution in [0.5, 0.6) is 0 Å². The van der Waals surface area contributed by atoms with Crippen molar-refractivity contribution in [3.63, 3.8) is 0 Å². The molecular formula is C12H20Cl3N3OS. The fourth-order valence-electron chi connectivity index (χ4n) is 1.92. The van der Waals surface area contributed by atoms with Gasteiger partial charge in [0.2, 0.25) is 0 Å². The SMILES string of the molecule is CCCc1[nH]c(=S)[nH]c(=O)c1CN(CCCl)CCCl.Cl. The first-order valence-corrected chi connectivity index (χ1v) is 7.78. The number of hydrogen-bond acceptors (Lipinski definition) is 3. The number of alkyl halides is 2. The van der Waals surface area contributed by atoms with E-state index in [1.54, 1.807) is 0 Å². The van der Waals surface area contributed by atoms with Crippen LogP contribution < -0.4 is 5.56 Å². The highest BCUT2D eigenvalue weighted by Gasteiger charge is 2.12. The third-order valence-electron chi connectivity index (χ3n) is 2.81. The van der Waals surface area contributed by atoms with Crippen LogP contribution >= 0.6 is 47.8 Å². The largest absolute Gasteiger partial charge is 0.336 e. The number of nitrogens with zero attached hydrogens (tertiary/aromatic N) is 1. The number of H-pyrrole nitrogens is 2. The molecule has 116 valence electrons. The number of aromatic nitrogens is 2. The predicted molar refractivity (Wildman–Crippen MR) is 90.2 cm³/mol. The average molecular weight is 361 g/mol. The molecule has 0 spiro atoms. The molecule has 0 amide bonds. The molecule has 2 N–H and O–H groups in total. The summed E-state index contributed by atoms with van der Waals surface area (Å²) < 4.78 is 0.374. The Morgan fingerprint density at radius 1 is 1.20 bits per heavy atom. The third kappa shape index (κ3) is 6.14. The monoisotopic (exact) mass is 359 g/mol. The molecule has 0 radical (unpaired) electrons. The fraction of sp³-hybridized carbons (Fsp3) is 0.667. The van der Waals surface area contributed by atoms with Gasteiger partial charge in [-0.1, -0.05) is 13.3 Å². The van der Waals surface area contributed by atoms with Crippen molar-refractivity contribution in [2.24, 2.45) is 0 Å². The van der Waals surface area contributed by atoms with Gasteiger partial charge in [0, 0.05) is 37.1 Å². The molecule has 4 nitrogen and oxygen atoms in total. The Morgan fingerprint density at radius 3 is 2.30 bits per heavy atom. The lowest BCUT2D eigenvalue weighted by atomic mass is 10.1. The van der Waals surface area contributed by atoms with E-state index in [4.69, 9.17) is 35.4 Å². The van der Waals surface area contributed by atoms with E-state index in [0.717, 1.165) is 24.1 Å². The Kier molecular flexibility index (Phi) is 10.6. The number of halogens is 3. The second-order valence-electron chi connectivity index (χ2n) is 4.27. The van der Waals surface area contributed by atoms with E-state index in [-0.39, 0.29) is 18.0 Å². The second-order valence-corrected chi connectivity index (χ2v) is 5.43. The van der Waals surface area contributed by atoms with Crippen molar-refractivity contribution in [3.8, 4) is 0 Å². The quantitative estimate of drug-likeness (QED) is 0.553. The van der Waals surface area contributed by atoms with Gasteiger partial charge in [0.25, 0.3) is 5.56 Å². The lowest BCUT2D eigenvalue weighted by Crippen LogP contribution is -2.31. The zero-order valence-electron chi connectivity index (χ0n) is 11.4. The van der Waals surface area contributed by atoms with Crippen molar-refractivity contribution in [3.05, 3.63) is 26.4 Å². The van der Waals surface area contributed by atoms with Gasteiger partial charge in [-0.15, -0.1) is 35.6 Å². The Labute approximate surface area is 140 Å². The first-order valence-electron chi connectivity index (χ1n) is 6.31. The van der Waals surface area contributed by atoms with Gasteiger partial charge in [0.1, 0.15) is 0 Å². The van der Waals surface area contributed by atoms with Crippen molar-refractivity contribution in [1.82, 2.24) is 14.9 Å². The van der Waals surface area contributed by atoms with Crippen LogP contribution in [0.2, 0.25) is 0 Å². The molecule has 1 aromatic heterocycles. The lowest BCUT2D eigenvalue weighted by Gasteiger charge is -2.20. The Bertz CT molecular complexity index is 497. The molecular weight excluding hydrogens is 341 g/mol. The first-order chi connectivity index (χ1) is 9.12. The first kappa shape index (κ1) is 19.9. The average Bonchev–Trinajstić information content (AvgIpc) is 2.34. The van der Waals surface area contributed by atoms with E-state index in [1.807, 2.05) is 0 Å². The summed E-state index contributed by atoms with van der Waals surface area (Å²) in [4.78, 5) is 19.8. The summed E-state index contributed by atoms with van der Waals surface area (Å²) in [6, 6.07) is 0. The van der Waals surface area contributed by atoms with E-state index in [9.17, 15) is 4.79 Å². The summed E-state index contributed by atoms with van der Waals surface area (Å²) in [5, 5.41) is 0. The van der Waals surface area contributed by atoms with Gasteiger partial charge in [-0.3, -0.25) is 14.7 Å². The third-order valence-corrected chi connectivity index (χ3v) is 3.36. The zero-order valence-corrected chi connectivity index (χ0v) is 14.5. The molecule has 0 saturated heterocycles. The van der Waals surface area contributed by atoms with Crippen LogP contribution in [-0.4, -0.2) is 39.7 Å². The normalized spacial score (nSPS) is 10.6. The van der Waals surface area contributed by atoms with Crippen LogP contribution in [0.15, 0.2) is 4.79 Å². The maximum Gasteiger partial charge on any atom is 0.256 e. The van der Waals surface area contributed by atoms with Crippen molar-refractivity contribution in [2.45, 2.75) is 26.3 Å². The van der Waals surface area contributed by atoms with Gasteiger partial charge in [0.05, 0.1) is 5.56 Å². The topological polar surface area (TPSA) is 51.9 Å². The number of aromatic amines is 2. The van der Waals surface area contributed by atoms with Crippen LogP contribution in [0, 0.1) is 4.77 Å². The van der Waals surface area contributed by atoms with E-state index in [0.29, 0.717) is 36.2 Å². The van der Waals surface area contributed by atoms with Gasteiger partial charge in [-0.05, 0) is 18.6 Å². The summed E-state index contributed by atoms with van der Waals surface area (Å²) in [5.41, 5.74) is 1.51. The van der Waals surface area contributed by atoms with Crippen LogP contribution in [0.3, 0.4) is 0 Å². The second kappa shape index (κ2) is 10.6. The Morgan fingerprint density at radius 2 is 1.80 bits per heavy atom. The van der Waals surface area contributed by atoms with E-state index >= 15 is 0 Å². The zero-order chi connectivity index (χ0) is 14.3. The molecule has 0 unspecified atom stereocenters. The van der Waals surface area contributed by atoms with Crippen molar-refractivity contribution in [2.75, 3.05) is 24.8 Å². The molecule has 0 bridgehead atoms. The summed E-state index contributed by atoms with van der Waals surface area (Å²) >= 11 is 16.5. The fourth-order valence-corrected chi connectivity index (χ4v) is 2.62. The molecule has 0 fully saturated rings. The molecule has 0 saturated carbocycles. The Balaban J connectivity index is 0.00000361. The van der Waals surface area contributed by atoms with E-state index in [1.165, 1.54) is 0 Å². The van der Waals surface area contributed by atoms with Crippen LogP contribution in [-0.2, 0) is 13.0 Å². The van der Waals surface area contributed by atoms with Crippen LogP contribution in [0.4, 0.5) is 0 Å². The van der Waals surface area contributed by atoms with E-state index < -0.39 is 0 Å². The molecule has 0 aliphatic heterocycles. The maximum absolute atomic E-state index is 12.0. The molecule has 8 heteroatoms. The minimum Gasteiger partial charge on any atom is -0.336 e. The molecule has 1 heterocycles. The minimum atomic E-state index is -0.124. The molecule has 0 aliphatic rings. The molecule has 1 aromatic rings. The standard InChI is InChI=1S/C12H19Cl2N3OS.ClH/c1-2-3-10-9(11(18)16-12(19)15-10)8-17(6-4-13)7-5-14;/h2-8H2,1H3,(H2,15,16,18,19);1H. The van der Waals surface area contributed by atoms with Gasteiger partial charge < -0.3 is 4.98 Å². The molecule has 0 aromatic carbocycles. The van der Waals surface area contributed by atoms with Crippen LogP contribution in [0.25, 0.3) is 0 Å². The lowest BCUT2D eigenvalue weighted by molar-refractivity contribution is 0.296. The summed E-state index contributed by atoms with van der Waals surface area (Å²) in [7, 11) is 0. The molecule has 0 atom stereocenters. The van der Waals surface area contributed by atoms with Crippen molar-refractivity contribution in [1.29, 1.82) is 0 Å². The van der Waals surface area contributed by atoms with E-state index in [2.05, 4.69) is 21.8 Å². The Hall–Kier alpha value is -0.0700. The predicted octanol–water partition coefficient (Wildman–Crippen LogP) is 3.09. The van der Waals surface area contributed by atoms with Gasteiger partial charge in [-0.2, -0.15) is 0 Å². The van der Waals surface area contributed by atoms with Gasteiger partial charge >= 0.3 is 0 Å². The number of rotatable bonds is 8. The van der Waals surface area contributed by atoms with Gasteiger partial charge in [0.15, 0.2) is 4.77 Å². The molecule has 20 heavy (non-hydrogen) atoms. The number of hydrogen-bond donors (Lipinski definition) is 2. The smallest absolute Gasteiger partial charge is 0.256 e. The van der Waals surface area contributed by atoms with Crippen molar-refractivity contribution >= 4 is 47.8 Å². The van der Waals surface area contributed by atoms with Crippen LogP contribution in [0.1, 0.15) is 24.6 Å². The minimum absolute atomic E-state index is 0. The number of nitrogens with one attached hydrogen (secondary N) is 2.